The summed E-state index contributed by atoms with van der Waals surface area (Å²) in [5.74, 6) is -0.168. The van der Waals surface area contributed by atoms with E-state index in [-0.39, 0.29) is 11.9 Å². The standard InChI is InChI=1S/C26H37FO5S/c1-4-6-7-8-12-20-23-21(32-26(29)24(20)27)13-9-14-22(23)33-18-11-16-30-15-10-17-31-25(28)19(3)5-2/h9,13-14,19H,4-8,10-12,15-18H2,1-3H3. The van der Waals surface area contributed by atoms with Crippen LogP contribution in [0.2, 0.25) is 0 Å². The minimum Gasteiger partial charge on any atom is -0.465 e. The van der Waals surface area contributed by atoms with Gasteiger partial charge in [-0.1, -0.05) is 46.1 Å². The number of esters is 1. The summed E-state index contributed by atoms with van der Waals surface area (Å²) in [4.78, 5) is 24.5. The van der Waals surface area contributed by atoms with Gasteiger partial charge < -0.3 is 13.9 Å². The largest absolute Gasteiger partial charge is 0.465 e. The van der Waals surface area contributed by atoms with E-state index in [2.05, 4.69) is 6.92 Å². The molecule has 0 fully saturated rings. The van der Waals surface area contributed by atoms with Gasteiger partial charge in [0.15, 0.2) is 0 Å². The lowest BCUT2D eigenvalue weighted by molar-refractivity contribution is -0.148. The Morgan fingerprint density at radius 3 is 2.64 bits per heavy atom. The summed E-state index contributed by atoms with van der Waals surface area (Å²) in [5.41, 5.74) is 0.0297. The minimum absolute atomic E-state index is 0.0598. The molecule has 5 nitrogen and oxygen atoms in total. The second-order valence-electron chi connectivity index (χ2n) is 8.27. The summed E-state index contributed by atoms with van der Waals surface area (Å²) < 4.78 is 30.7. The molecule has 184 valence electrons. The average molecular weight is 481 g/mol. The number of carbonyl (C=O) groups is 1. The molecule has 0 saturated carbocycles. The SMILES string of the molecule is CCCCCCc1c(F)c(=O)oc2cccc(SCCCOCCCOC(=O)C(C)CC)c12. The minimum atomic E-state index is -0.890. The van der Waals surface area contributed by atoms with Crippen molar-refractivity contribution >= 4 is 28.7 Å². The maximum atomic E-state index is 14.7. The topological polar surface area (TPSA) is 65.7 Å². The Balaban J connectivity index is 1.83. The fraction of sp³-hybridized carbons (Fsp3) is 0.615. The van der Waals surface area contributed by atoms with Crippen molar-refractivity contribution in [3.05, 3.63) is 40.0 Å². The number of ether oxygens (including phenoxy) is 2. The van der Waals surface area contributed by atoms with Crippen LogP contribution in [0.25, 0.3) is 11.0 Å². The molecule has 1 unspecified atom stereocenters. The number of fused-ring (bicyclic) bond motifs is 1. The van der Waals surface area contributed by atoms with Gasteiger partial charge in [-0.05, 0) is 37.8 Å². The lowest BCUT2D eigenvalue weighted by Gasteiger charge is -2.11. The van der Waals surface area contributed by atoms with Gasteiger partial charge in [0.2, 0.25) is 5.82 Å². The van der Waals surface area contributed by atoms with Crippen LogP contribution in [0.5, 0.6) is 0 Å². The second kappa shape index (κ2) is 15.1. The van der Waals surface area contributed by atoms with Crippen LogP contribution in [0.3, 0.4) is 0 Å². The zero-order valence-corrected chi connectivity index (χ0v) is 20.9. The van der Waals surface area contributed by atoms with Gasteiger partial charge in [-0.3, -0.25) is 4.79 Å². The van der Waals surface area contributed by atoms with E-state index in [1.807, 2.05) is 26.0 Å². The van der Waals surface area contributed by atoms with Gasteiger partial charge in [-0.2, -0.15) is 4.39 Å². The molecule has 1 heterocycles. The molecule has 0 N–H and O–H groups in total. The van der Waals surface area contributed by atoms with Crippen LogP contribution in [0.15, 0.2) is 32.3 Å². The number of rotatable bonds is 16. The van der Waals surface area contributed by atoms with E-state index in [1.54, 1.807) is 17.8 Å². The summed E-state index contributed by atoms with van der Waals surface area (Å²) in [6.45, 7) is 7.49. The number of aryl methyl sites for hydroxylation is 1. The molecule has 0 amide bonds. The number of hydrogen-bond acceptors (Lipinski definition) is 6. The summed E-state index contributed by atoms with van der Waals surface area (Å²) in [5, 5.41) is 0.722. The molecule has 1 aromatic heterocycles. The maximum absolute atomic E-state index is 14.7. The van der Waals surface area contributed by atoms with Crippen LogP contribution in [0.1, 0.15) is 71.3 Å². The van der Waals surface area contributed by atoms with Crippen molar-refractivity contribution in [1.82, 2.24) is 0 Å². The first-order valence-electron chi connectivity index (χ1n) is 12.1. The Hall–Kier alpha value is -1.86. The van der Waals surface area contributed by atoms with Gasteiger partial charge in [-0.25, -0.2) is 4.79 Å². The highest BCUT2D eigenvalue weighted by molar-refractivity contribution is 7.99. The van der Waals surface area contributed by atoms with Crippen molar-refractivity contribution in [1.29, 1.82) is 0 Å². The van der Waals surface area contributed by atoms with Crippen molar-refractivity contribution in [2.45, 2.75) is 77.0 Å². The molecule has 0 aliphatic heterocycles. The fourth-order valence-corrected chi connectivity index (χ4v) is 4.47. The number of halogens is 1. The smallest absolute Gasteiger partial charge is 0.372 e. The molecule has 7 heteroatoms. The molecule has 0 aliphatic rings. The number of carbonyl (C=O) groups excluding carboxylic acids is 1. The van der Waals surface area contributed by atoms with Gasteiger partial charge in [0.25, 0.3) is 0 Å². The Bertz CT molecular complexity index is 927. The lowest BCUT2D eigenvalue weighted by atomic mass is 10.0. The third-order valence-corrected chi connectivity index (χ3v) is 6.74. The first-order valence-corrected chi connectivity index (χ1v) is 13.1. The van der Waals surface area contributed by atoms with Gasteiger partial charge in [0, 0.05) is 41.2 Å². The highest BCUT2D eigenvalue weighted by atomic mass is 32.2. The Kier molecular flexibility index (Phi) is 12.5. The lowest BCUT2D eigenvalue weighted by Crippen LogP contribution is -2.15. The average Bonchev–Trinajstić information content (AvgIpc) is 2.82. The van der Waals surface area contributed by atoms with Crippen LogP contribution in [0.4, 0.5) is 4.39 Å². The molecule has 33 heavy (non-hydrogen) atoms. The Morgan fingerprint density at radius 2 is 1.88 bits per heavy atom. The van der Waals surface area contributed by atoms with E-state index >= 15 is 0 Å². The summed E-state index contributed by atoms with van der Waals surface area (Å²) in [6, 6.07) is 5.52. The molecule has 1 atom stereocenters. The zero-order chi connectivity index (χ0) is 24.1. The van der Waals surface area contributed by atoms with Crippen LogP contribution in [-0.4, -0.2) is 31.5 Å². The third-order valence-electron chi connectivity index (χ3n) is 5.60. The highest BCUT2D eigenvalue weighted by Gasteiger charge is 2.17. The summed E-state index contributed by atoms with van der Waals surface area (Å²) in [6.07, 6.45) is 6.90. The molecular weight excluding hydrogens is 443 g/mol. The number of hydrogen-bond donors (Lipinski definition) is 0. The molecule has 2 aromatic rings. The van der Waals surface area contributed by atoms with Crippen LogP contribution in [0, 0.1) is 11.7 Å². The highest BCUT2D eigenvalue weighted by Crippen LogP contribution is 2.32. The van der Waals surface area contributed by atoms with E-state index in [0.29, 0.717) is 43.8 Å². The number of unbranched alkanes of at least 4 members (excludes halogenated alkanes) is 3. The van der Waals surface area contributed by atoms with Gasteiger partial charge in [-0.15, -0.1) is 11.8 Å². The molecule has 2 rings (SSSR count). The Labute approximate surface area is 200 Å². The van der Waals surface area contributed by atoms with Crippen molar-refractivity contribution in [2.75, 3.05) is 25.6 Å². The summed E-state index contributed by atoms with van der Waals surface area (Å²) in [7, 11) is 0. The van der Waals surface area contributed by atoms with E-state index in [4.69, 9.17) is 13.9 Å². The zero-order valence-electron chi connectivity index (χ0n) is 20.1. The molecule has 0 spiro atoms. The van der Waals surface area contributed by atoms with E-state index in [9.17, 15) is 14.0 Å². The second-order valence-corrected chi connectivity index (χ2v) is 9.40. The molecule has 0 saturated heterocycles. The van der Waals surface area contributed by atoms with E-state index in [0.717, 1.165) is 54.6 Å². The predicted octanol–water partition coefficient (Wildman–Crippen LogP) is 6.53. The predicted molar refractivity (Wildman–Crippen MR) is 131 cm³/mol. The van der Waals surface area contributed by atoms with E-state index < -0.39 is 11.4 Å². The molecule has 0 bridgehead atoms. The fourth-order valence-electron chi connectivity index (χ4n) is 3.44. The van der Waals surface area contributed by atoms with Crippen molar-refractivity contribution < 1.29 is 23.1 Å². The first-order chi connectivity index (χ1) is 16.0. The summed E-state index contributed by atoms with van der Waals surface area (Å²) >= 11 is 1.62. The van der Waals surface area contributed by atoms with Crippen LogP contribution in [-0.2, 0) is 20.7 Å². The van der Waals surface area contributed by atoms with Crippen LogP contribution < -0.4 is 5.63 Å². The van der Waals surface area contributed by atoms with Gasteiger partial charge >= 0.3 is 11.6 Å². The molecule has 1 aromatic carbocycles. The number of thioether (sulfide) groups is 1. The molecule has 0 aliphatic carbocycles. The molecule has 0 radical (unpaired) electrons. The van der Waals surface area contributed by atoms with Gasteiger partial charge in [0.05, 0.1) is 12.5 Å². The third kappa shape index (κ3) is 8.78. The first kappa shape index (κ1) is 27.4. The van der Waals surface area contributed by atoms with Crippen molar-refractivity contribution in [3.8, 4) is 0 Å². The molecular formula is C26H37FO5S. The van der Waals surface area contributed by atoms with Crippen molar-refractivity contribution in [2.24, 2.45) is 5.92 Å². The monoisotopic (exact) mass is 480 g/mol. The van der Waals surface area contributed by atoms with Gasteiger partial charge in [0.1, 0.15) is 5.58 Å². The van der Waals surface area contributed by atoms with Crippen molar-refractivity contribution in [3.63, 3.8) is 0 Å². The van der Waals surface area contributed by atoms with E-state index in [1.165, 1.54) is 0 Å². The Morgan fingerprint density at radius 1 is 1.09 bits per heavy atom. The number of benzene rings is 1. The normalized spacial score (nSPS) is 12.2. The maximum Gasteiger partial charge on any atom is 0.372 e. The quantitative estimate of drug-likeness (QED) is 0.118. The van der Waals surface area contributed by atoms with Crippen LogP contribution >= 0.6 is 11.8 Å².